The lowest BCUT2D eigenvalue weighted by Crippen LogP contribution is -1.85. The number of nitrogens with one attached hydrogen (secondary N) is 1. The van der Waals surface area contributed by atoms with Crippen LogP contribution in [-0.4, -0.2) is 9.97 Å². The number of aromatic amines is 1. The van der Waals surface area contributed by atoms with Gasteiger partial charge in [-0.3, -0.25) is 0 Å². The van der Waals surface area contributed by atoms with E-state index in [1.54, 1.807) is 6.07 Å². The number of halogens is 2. The lowest BCUT2D eigenvalue weighted by Gasteiger charge is -1.97. The molecule has 68 valence electrons. The van der Waals surface area contributed by atoms with Crippen LogP contribution in [0.4, 0.5) is 4.39 Å². The average molecular weight is 243 g/mol. The molecule has 0 radical (unpaired) electrons. The molecule has 2 aromatic rings. The van der Waals surface area contributed by atoms with Gasteiger partial charge in [0, 0.05) is 0 Å². The average Bonchev–Trinajstić information content (AvgIpc) is 2.48. The first-order chi connectivity index (χ1) is 6.22. The number of hydrogen-bond donors (Lipinski definition) is 1. The summed E-state index contributed by atoms with van der Waals surface area (Å²) in [5.41, 5.74) is 2.25. The molecular weight excluding hydrogens is 235 g/mol. The summed E-state index contributed by atoms with van der Waals surface area (Å²) in [5.74, 6) is -0.259. The Morgan fingerprint density at radius 1 is 1.54 bits per heavy atom. The van der Waals surface area contributed by atoms with Crippen molar-refractivity contribution in [1.29, 1.82) is 0 Å². The molecule has 2 nitrogen and oxygen atoms in total. The molecule has 13 heavy (non-hydrogen) atoms. The minimum atomic E-state index is -0.259. The number of aromatic nitrogens is 2. The lowest BCUT2D eigenvalue weighted by molar-refractivity contribution is 0.636. The third kappa shape index (κ3) is 1.35. The summed E-state index contributed by atoms with van der Waals surface area (Å²) >= 11 is 3.19. The van der Waals surface area contributed by atoms with Gasteiger partial charge in [-0.25, -0.2) is 9.37 Å². The Balaban J connectivity index is 2.83. The monoisotopic (exact) mass is 242 g/mol. The van der Waals surface area contributed by atoms with Gasteiger partial charge in [0.05, 0.1) is 5.52 Å². The van der Waals surface area contributed by atoms with Crippen molar-refractivity contribution < 1.29 is 4.39 Å². The second-order valence-electron chi connectivity index (χ2n) is 2.81. The summed E-state index contributed by atoms with van der Waals surface area (Å²) in [6.07, 6.45) is 0.855. The number of imidazole rings is 1. The van der Waals surface area contributed by atoms with Crippen molar-refractivity contribution in [3.63, 3.8) is 0 Å². The number of nitrogens with zero attached hydrogens (tertiary/aromatic N) is 1. The molecule has 0 aliphatic heterocycles. The van der Waals surface area contributed by atoms with E-state index in [-0.39, 0.29) is 5.82 Å². The van der Waals surface area contributed by atoms with Gasteiger partial charge in [0.15, 0.2) is 4.73 Å². The van der Waals surface area contributed by atoms with Crippen molar-refractivity contribution in [2.45, 2.75) is 13.3 Å². The zero-order valence-electron chi connectivity index (χ0n) is 7.06. The first-order valence-electron chi connectivity index (χ1n) is 4.05. The summed E-state index contributed by atoms with van der Waals surface area (Å²) in [5, 5.41) is 0. The number of rotatable bonds is 1. The molecule has 2 rings (SSSR count). The van der Waals surface area contributed by atoms with E-state index in [4.69, 9.17) is 0 Å². The highest BCUT2D eigenvalue weighted by atomic mass is 79.9. The van der Waals surface area contributed by atoms with E-state index >= 15 is 0 Å². The van der Waals surface area contributed by atoms with Crippen molar-refractivity contribution in [2.75, 3.05) is 0 Å². The highest BCUT2D eigenvalue weighted by Gasteiger charge is 2.08. The van der Waals surface area contributed by atoms with Crippen molar-refractivity contribution >= 4 is 27.0 Å². The maximum absolute atomic E-state index is 13.2. The van der Waals surface area contributed by atoms with Crippen LogP contribution in [0.25, 0.3) is 11.0 Å². The largest absolute Gasteiger partial charge is 0.330 e. The van der Waals surface area contributed by atoms with Crippen LogP contribution in [0.2, 0.25) is 0 Å². The van der Waals surface area contributed by atoms with Gasteiger partial charge in [-0.1, -0.05) is 13.0 Å². The zero-order valence-corrected chi connectivity index (χ0v) is 8.65. The van der Waals surface area contributed by atoms with Crippen LogP contribution in [0.1, 0.15) is 12.5 Å². The van der Waals surface area contributed by atoms with Gasteiger partial charge >= 0.3 is 0 Å². The third-order valence-corrected chi connectivity index (χ3v) is 2.41. The smallest absolute Gasteiger partial charge is 0.175 e. The van der Waals surface area contributed by atoms with Crippen LogP contribution < -0.4 is 0 Å². The third-order valence-electron chi connectivity index (χ3n) is 2.03. The number of benzene rings is 1. The normalized spacial score (nSPS) is 11.0. The Morgan fingerprint density at radius 3 is 3.00 bits per heavy atom. The fraction of sp³-hybridized carbons (Fsp3) is 0.222. The summed E-state index contributed by atoms with van der Waals surface area (Å²) in [7, 11) is 0. The fourth-order valence-electron chi connectivity index (χ4n) is 1.37. The molecule has 1 aromatic heterocycles. The zero-order chi connectivity index (χ0) is 9.42. The standard InChI is InChI=1S/C9H8BrFN2/c1-2-5-3-4-6(11)8-7(5)12-9(10)13-8/h3-4H,2H2,1H3,(H,12,13). The van der Waals surface area contributed by atoms with Gasteiger partial charge in [-0.15, -0.1) is 0 Å². The maximum Gasteiger partial charge on any atom is 0.175 e. The Morgan fingerprint density at radius 2 is 2.31 bits per heavy atom. The molecule has 1 aromatic carbocycles. The van der Waals surface area contributed by atoms with E-state index in [9.17, 15) is 4.39 Å². The van der Waals surface area contributed by atoms with E-state index in [1.807, 2.05) is 6.92 Å². The molecule has 0 saturated heterocycles. The first-order valence-corrected chi connectivity index (χ1v) is 4.84. The predicted molar refractivity (Wildman–Crippen MR) is 53.1 cm³/mol. The van der Waals surface area contributed by atoms with Crippen molar-refractivity contribution in [3.05, 3.63) is 28.2 Å². The molecule has 0 amide bonds. The van der Waals surface area contributed by atoms with Crippen LogP contribution in [0.5, 0.6) is 0 Å². The number of aryl methyl sites for hydroxylation is 1. The molecule has 0 fully saturated rings. The second kappa shape index (κ2) is 3.10. The summed E-state index contributed by atoms with van der Waals surface area (Å²) < 4.78 is 13.8. The molecular formula is C9H8BrFN2. The minimum absolute atomic E-state index is 0.259. The highest BCUT2D eigenvalue weighted by Crippen LogP contribution is 2.22. The van der Waals surface area contributed by atoms with Crippen LogP contribution in [0.3, 0.4) is 0 Å². The van der Waals surface area contributed by atoms with E-state index in [0.29, 0.717) is 10.3 Å². The first kappa shape index (κ1) is 8.69. The molecule has 0 atom stereocenters. The van der Waals surface area contributed by atoms with E-state index in [2.05, 4.69) is 25.9 Å². The maximum atomic E-state index is 13.2. The molecule has 0 aliphatic carbocycles. The lowest BCUT2D eigenvalue weighted by atomic mass is 10.1. The molecule has 0 aliphatic rings. The van der Waals surface area contributed by atoms with E-state index < -0.39 is 0 Å². The van der Waals surface area contributed by atoms with Gasteiger partial charge in [-0.05, 0) is 34.0 Å². The molecule has 0 spiro atoms. The molecule has 0 bridgehead atoms. The number of fused-ring (bicyclic) bond motifs is 1. The Kier molecular flexibility index (Phi) is 2.07. The fourth-order valence-corrected chi connectivity index (χ4v) is 1.75. The van der Waals surface area contributed by atoms with E-state index in [0.717, 1.165) is 17.5 Å². The quantitative estimate of drug-likeness (QED) is 0.819. The Bertz CT molecular complexity index is 450. The van der Waals surface area contributed by atoms with Gasteiger partial charge in [0.2, 0.25) is 0 Å². The number of hydrogen-bond acceptors (Lipinski definition) is 1. The van der Waals surface area contributed by atoms with Gasteiger partial charge in [-0.2, -0.15) is 0 Å². The summed E-state index contributed by atoms with van der Waals surface area (Å²) in [6.45, 7) is 2.02. The van der Waals surface area contributed by atoms with Crippen LogP contribution in [0, 0.1) is 5.82 Å². The molecule has 1 heterocycles. The summed E-state index contributed by atoms with van der Waals surface area (Å²) in [4.78, 5) is 7.00. The van der Waals surface area contributed by atoms with Crippen molar-refractivity contribution in [3.8, 4) is 0 Å². The predicted octanol–water partition coefficient (Wildman–Crippen LogP) is 3.03. The Labute approximate surface area is 83.3 Å². The number of H-pyrrole nitrogens is 1. The van der Waals surface area contributed by atoms with Crippen LogP contribution >= 0.6 is 15.9 Å². The Hall–Kier alpha value is -0.900. The van der Waals surface area contributed by atoms with Gasteiger partial charge < -0.3 is 4.98 Å². The minimum Gasteiger partial charge on any atom is -0.330 e. The molecule has 0 saturated carbocycles. The van der Waals surface area contributed by atoms with Crippen LogP contribution in [0.15, 0.2) is 16.9 Å². The van der Waals surface area contributed by atoms with Gasteiger partial charge in [0.25, 0.3) is 0 Å². The second-order valence-corrected chi connectivity index (χ2v) is 3.56. The molecule has 1 N–H and O–H groups in total. The van der Waals surface area contributed by atoms with E-state index in [1.165, 1.54) is 6.07 Å². The van der Waals surface area contributed by atoms with Crippen molar-refractivity contribution in [1.82, 2.24) is 9.97 Å². The van der Waals surface area contributed by atoms with Crippen molar-refractivity contribution in [2.24, 2.45) is 0 Å². The highest BCUT2D eigenvalue weighted by molar-refractivity contribution is 9.10. The summed E-state index contributed by atoms with van der Waals surface area (Å²) in [6, 6.07) is 3.23. The SMILES string of the molecule is CCc1ccc(F)c2[nH]c(Br)nc12. The topological polar surface area (TPSA) is 28.7 Å². The van der Waals surface area contributed by atoms with Gasteiger partial charge in [0.1, 0.15) is 11.3 Å². The molecule has 4 heteroatoms. The van der Waals surface area contributed by atoms with Crippen LogP contribution in [-0.2, 0) is 6.42 Å². The molecule has 0 unspecified atom stereocenters.